The first-order valence-corrected chi connectivity index (χ1v) is 6.26. The maximum absolute atomic E-state index is 11.7. The molecule has 2 rings (SSSR count). The van der Waals surface area contributed by atoms with Crippen LogP contribution in [0.25, 0.3) is 0 Å². The monoisotopic (exact) mass is 267 g/mol. The maximum Gasteiger partial charge on any atom is 0.317 e. The number of aryl methyl sites for hydroxylation is 1. The molecule has 1 aliphatic heterocycles. The van der Waals surface area contributed by atoms with E-state index in [9.17, 15) is 9.59 Å². The molecule has 0 unspecified atom stereocenters. The molecule has 1 aromatic rings. The molecule has 0 bridgehead atoms. The molecule has 0 radical (unpaired) electrons. The van der Waals surface area contributed by atoms with Crippen molar-refractivity contribution in [3.8, 4) is 0 Å². The minimum Gasteiger partial charge on any atom is -0.481 e. The van der Waals surface area contributed by atoms with Crippen molar-refractivity contribution in [1.82, 2.24) is 15.2 Å². The quantitative estimate of drug-likeness (QED) is 0.824. The van der Waals surface area contributed by atoms with Crippen LogP contribution in [0, 0.1) is 5.92 Å². The van der Waals surface area contributed by atoms with Crippen molar-refractivity contribution in [2.24, 2.45) is 5.92 Å². The van der Waals surface area contributed by atoms with Gasteiger partial charge >= 0.3 is 12.0 Å². The summed E-state index contributed by atoms with van der Waals surface area (Å²) < 4.78 is 5.37. The lowest BCUT2D eigenvalue weighted by Gasteiger charge is -2.38. The number of oxazole rings is 1. The van der Waals surface area contributed by atoms with E-state index in [4.69, 9.17) is 9.52 Å². The fraction of sp³-hybridized carbons (Fsp3) is 0.583. The van der Waals surface area contributed by atoms with E-state index in [0.29, 0.717) is 19.0 Å². The Balaban J connectivity index is 1.70. The number of likely N-dealkylation sites (tertiary alicyclic amines) is 1. The summed E-state index contributed by atoms with van der Waals surface area (Å²) in [7, 11) is 0. The zero-order valence-electron chi connectivity index (χ0n) is 10.8. The van der Waals surface area contributed by atoms with Crippen LogP contribution >= 0.6 is 0 Å². The number of carbonyl (C=O) groups excluding carboxylic acids is 1. The van der Waals surface area contributed by atoms with Gasteiger partial charge in [0.1, 0.15) is 5.76 Å². The summed E-state index contributed by atoms with van der Waals surface area (Å²) in [4.78, 5) is 27.8. The molecule has 104 valence electrons. The molecule has 1 aliphatic rings. The summed E-state index contributed by atoms with van der Waals surface area (Å²) in [6, 6.07) is -0.210. The van der Waals surface area contributed by atoms with Gasteiger partial charge in [-0.2, -0.15) is 0 Å². The third-order valence-electron chi connectivity index (χ3n) is 3.05. The molecule has 2 N–H and O–H groups in total. The number of amides is 2. The highest BCUT2D eigenvalue weighted by Crippen LogP contribution is 2.18. The summed E-state index contributed by atoms with van der Waals surface area (Å²) in [5, 5.41) is 11.3. The van der Waals surface area contributed by atoms with E-state index in [1.54, 1.807) is 11.1 Å². The molecule has 7 nitrogen and oxygen atoms in total. The van der Waals surface area contributed by atoms with Crippen LogP contribution in [0.1, 0.15) is 25.0 Å². The molecule has 2 heterocycles. The van der Waals surface area contributed by atoms with Gasteiger partial charge in [-0.05, 0) is 0 Å². The van der Waals surface area contributed by atoms with Crippen molar-refractivity contribution < 1.29 is 19.1 Å². The average Bonchev–Trinajstić information content (AvgIpc) is 2.78. The lowest BCUT2D eigenvalue weighted by Crippen LogP contribution is -2.54. The van der Waals surface area contributed by atoms with Crippen LogP contribution < -0.4 is 5.32 Å². The van der Waals surface area contributed by atoms with E-state index in [0.717, 1.165) is 12.2 Å². The predicted molar refractivity (Wildman–Crippen MR) is 65.4 cm³/mol. The zero-order valence-corrected chi connectivity index (χ0v) is 10.8. The Labute approximate surface area is 110 Å². The number of carboxylic acid groups (broad SMARTS) is 1. The van der Waals surface area contributed by atoms with E-state index < -0.39 is 5.97 Å². The smallest absolute Gasteiger partial charge is 0.317 e. The number of rotatable bonds is 5. The Morgan fingerprint density at radius 1 is 1.58 bits per heavy atom. The molecule has 2 amide bonds. The summed E-state index contributed by atoms with van der Waals surface area (Å²) >= 11 is 0. The highest BCUT2D eigenvalue weighted by atomic mass is 16.4. The summed E-state index contributed by atoms with van der Waals surface area (Å²) in [6.45, 7) is 3.19. The topological polar surface area (TPSA) is 95.7 Å². The van der Waals surface area contributed by atoms with E-state index in [-0.39, 0.29) is 24.9 Å². The molecule has 1 saturated heterocycles. The first kappa shape index (κ1) is 13.4. The highest BCUT2D eigenvalue weighted by molar-refractivity contribution is 5.75. The zero-order chi connectivity index (χ0) is 13.8. The van der Waals surface area contributed by atoms with Crippen molar-refractivity contribution >= 4 is 12.0 Å². The van der Waals surface area contributed by atoms with Gasteiger partial charge < -0.3 is 19.7 Å². The number of nitrogens with zero attached hydrogens (tertiary/aromatic N) is 2. The number of hydrogen-bond donors (Lipinski definition) is 2. The summed E-state index contributed by atoms with van der Waals surface area (Å²) in [5.74, 6) is 0.510. The Hall–Kier alpha value is -2.05. The summed E-state index contributed by atoms with van der Waals surface area (Å²) in [6.07, 6.45) is 2.53. The molecule has 7 heteroatoms. The number of hydrogen-bond acceptors (Lipinski definition) is 4. The van der Waals surface area contributed by atoms with Crippen molar-refractivity contribution in [3.05, 3.63) is 17.8 Å². The van der Waals surface area contributed by atoms with Gasteiger partial charge in [0, 0.05) is 25.4 Å². The molecular formula is C12H17N3O4. The van der Waals surface area contributed by atoms with Crippen LogP contribution in [0.5, 0.6) is 0 Å². The van der Waals surface area contributed by atoms with Crippen LogP contribution in [-0.2, 0) is 17.8 Å². The van der Waals surface area contributed by atoms with E-state index in [1.165, 1.54) is 0 Å². The molecule has 19 heavy (non-hydrogen) atoms. The number of aliphatic carboxylic acids is 1. The standard InChI is InChI=1S/C12H17N3O4/c1-2-9-4-13-10(19-9)5-14-12(18)15-6-8(7-15)3-11(16)17/h4,8H,2-3,5-7H2,1H3,(H,14,18)(H,16,17). The molecule has 0 aliphatic carbocycles. The first-order valence-electron chi connectivity index (χ1n) is 6.26. The van der Waals surface area contributed by atoms with E-state index in [1.807, 2.05) is 6.92 Å². The van der Waals surface area contributed by atoms with Crippen LogP contribution in [0.3, 0.4) is 0 Å². The maximum atomic E-state index is 11.7. The van der Waals surface area contributed by atoms with Crippen molar-refractivity contribution in [1.29, 1.82) is 0 Å². The minimum atomic E-state index is -0.822. The van der Waals surface area contributed by atoms with E-state index >= 15 is 0 Å². The number of nitrogens with one attached hydrogen (secondary N) is 1. The van der Waals surface area contributed by atoms with Crippen LogP contribution in [0.15, 0.2) is 10.6 Å². The minimum absolute atomic E-state index is 0.0664. The van der Waals surface area contributed by atoms with Gasteiger partial charge in [0.15, 0.2) is 0 Å². The Morgan fingerprint density at radius 2 is 2.32 bits per heavy atom. The molecule has 1 fully saturated rings. The van der Waals surface area contributed by atoms with Gasteiger partial charge in [-0.3, -0.25) is 4.79 Å². The van der Waals surface area contributed by atoms with Crippen LogP contribution in [-0.4, -0.2) is 40.1 Å². The lowest BCUT2D eigenvalue weighted by molar-refractivity contribution is -0.139. The first-order chi connectivity index (χ1) is 9.08. The van der Waals surface area contributed by atoms with Crippen LogP contribution in [0.2, 0.25) is 0 Å². The van der Waals surface area contributed by atoms with Gasteiger partial charge in [-0.15, -0.1) is 0 Å². The average molecular weight is 267 g/mol. The lowest BCUT2D eigenvalue weighted by atomic mass is 9.97. The third kappa shape index (κ3) is 3.46. The molecule has 0 atom stereocenters. The van der Waals surface area contributed by atoms with Gasteiger partial charge in [0.05, 0.1) is 19.2 Å². The highest BCUT2D eigenvalue weighted by Gasteiger charge is 2.31. The Morgan fingerprint density at radius 3 is 2.89 bits per heavy atom. The molecule has 0 aromatic carbocycles. The SMILES string of the molecule is CCc1cnc(CNC(=O)N2CC(CC(=O)O)C2)o1. The Kier molecular flexibility index (Phi) is 4.03. The van der Waals surface area contributed by atoms with Crippen LogP contribution in [0.4, 0.5) is 4.79 Å². The number of aromatic nitrogens is 1. The fourth-order valence-electron chi connectivity index (χ4n) is 1.97. The van der Waals surface area contributed by atoms with Crippen molar-refractivity contribution in [2.45, 2.75) is 26.3 Å². The fourth-order valence-corrected chi connectivity index (χ4v) is 1.97. The second-order valence-corrected chi connectivity index (χ2v) is 4.60. The Bertz CT molecular complexity index is 465. The largest absolute Gasteiger partial charge is 0.481 e. The number of carboxylic acids is 1. The van der Waals surface area contributed by atoms with E-state index in [2.05, 4.69) is 10.3 Å². The summed E-state index contributed by atoms with van der Waals surface area (Å²) in [5.41, 5.74) is 0. The van der Waals surface area contributed by atoms with Gasteiger partial charge in [-0.25, -0.2) is 9.78 Å². The number of urea groups is 1. The molecular weight excluding hydrogens is 250 g/mol. The van der Waals surface area contributed by atoms with Gasteiger partial charge in [-0.1, -0.05) is 6.92 Å². The van der Waals surface area contributed by atoms with Gasteiger partial charge in [0.2, 0.25) is 5.89 Å². The molecule has 0 saturated carbocycles. The molecule has 0 spiro atoms. The normalized spacial score (nSPS) is 15.1. The second kappa shape index (κ2) is 5.73. The van der Waals surface area contributed by atoms with Crippen molar-refractivity contribution in [3.63, 3.8) is 0 Å². The van der Waals surface area contributed by atoms with Gasteiger partial charge in [0.25, 0.3) is 0 Å². The second-order valence-electron chi connectivity index (χ2n) is 4.60. The predicted octanol–water partition coefficient (Wildman–Crippen LogP) is 0.853. The number of carbonyl (C=O) groups is 2. The molecule has 1 aromatic heterocycles. The van der Waals surface area contributed by atoms with Crippen molar-refractivity contribution in [2.75, 3.05) is 13.1 Å². The third-order valence-corrected chi connectivity index (χ3v) is 3.05.